The van der Waals surface area contributed by atoms with Gasteiger partial charge in [-0.25, -0.2) is 8.78 Å². The van der Waals surface area contributed by atoms with Gasteiger partial charge >= 0.3 is 5.97 Å². The Morgan fingerprint density at radius 1 is 1.53 bits per heavy atom. The Morgan fingerprint density at radius 2 is 2.21 bits per heavy atom. The second-order valence-corrected chi connectivity index (χ2v) is 5.23. The smallest absolute Gasteiger partial charge is 0.307 e. The number of hydrogen-bond donors (Lipinski definition) is 2. The zero-order valence-corrected chi connectivity index (χ0v) is 11.0. The normalized spacial score (nSPS) is 23.6. The molecule has 2 atom stereocenters. The summed E-state index contributed by atoms with van der Waals surface area (Å²) >= 11 is 5.87. The standard InChI is InChI=1S/C13H14ClF2NO2/c1-13(15,16)11-8(3-2-4-9(11)14)10-5-7(6-17-10)12(18)19/h2-4,7,10,17H,5-6H2,1H3,(H,18,19). The van der Waals surface area contributed by atoms with Gasteiger partial charge in [0.2, 0.25) is 0 Å². The second-order valence-electron chi connectivity index (χ2n) is 4.82. The fraction of sp³-hybridized carbons (Fsp3) is 0.462. The lowest BCUT2D eigenvalue weighted by atomic mass is 9.93. The van der Waals surface area contributed by atoms with E-state index in [0.717, 1.165) is 6.92 Å². The molecule has 1 saturated heterocycles. The van der Waals surface area contributed by atoms with Crippen molar-refractivity contribution in [1.29, 1.82) is 0 Å². The van der Waals surface area contributed by atoms with E-state index in [-0.39, 0.29) is 17.1 Å². The van der Waals surface area contributed by atoms with Gasteiger partial charge in [0.25, 0.3) is 5.92 Å². The molecule has 0 amide bonds. The summed E-state index contributed by atoms with van der Waals surface area (Å²) in [6.45, 7) is 1.07. The van der Waals surface area contributed by atoms with Crippen LogP contribution in [0.1, 0.15) is 30.5 Å². The monoisotopic (exact) mass is 289 g/mol. The van der Waals surface area contributed by atoms with Crippen molar-refractivity contribution < 1.29 is 18.7 Å². The molecule has 0 aromatic heterocycles. The minimum atomic E-state index is -3.06. The van der Waals surface area contributed by atoms with Crippen LogP contribution in [0.5, 0.6) is 0 Å². The van der Waals surface area contributed by atoms with E-state index in [1.807, 2.05) is 0 Å². The van der Waals surface area contributed by atoms with E-state index < -0.39 is 23.9 Å². The Hall–Kier alpha value is -1.20. The Morgan fingerprint density at radius 3 is 2.74 bits per heavy atom. The van der Waals surface area contributed by atoms with Crippen molar-refractivity contribution in [3.63, 3.8) is 0 Å². The summed E-state index contributed by atoms with van der Waals surface area (Å²) in [5, 5.41) is 11.9. The first-order chi connectivity index (χ1) is 8.80. The number of carboxylic acids is 1. The lowest BCUT2D eigenvalue weighted by Gasteiger charge is -2.21. The molecule has 1 aliphatic rings. The number of rotatable bonds is 3. The number of nitrogens with one attached hydrogen (secondary N) is 1. The Bertz CT molecular complexity index is 502. The molecule has 3 nitrogen and oxygen atoms in total. The first-order valence-corrected chi connectivity index (χ1v) is 6.31. The van der Waals surface area contributed by atoms with Crippen LogP contribution in [0.15, 0.2) is 18.2 Å². The summed E-state index contributed by atoms with van der Waals surface area (Å²) in [6, 6.07) is 4.19. The fourth-order valence-corrected chi connectivity index (χ4v) is 2.80. The predicted octanol–water partition coefficient (Wildman–Crippen LogP) is 3.19. The van der Waals surface area contributed by atoms with Gasteiger partial charge in [0, 0.05) is 25.1 Å². The van der Waals surface area contributed by atoms with Crippen LogP contribution in [0.2, 0.25) is 5.02 Å². The van der Waals surface area contributed by atoms with Gasteiger partial charge in [0.15, 0.2) is 0 Å². The SMILES string of the molecule is CC(F)(F)c1c(Cl)cccc1C1CC(C(=O)O)CN1. The minimum absolute atomic E-state index is 0.00516. The van der Waals surface area contributed by atoms with Crippen LogP contribution in [0.25, 0.3) is 0 Å². The summed E-state index contributed by atoms with van der Waals surface area (Å²) in [6.07, 6.45) is 0.290. The molecule has 0 radical (unpaired) electrons. The quantitative estimate of drug-likeness (QED) is 0.898. The van der Waals surface area contributed by atoms with Crippen molar-refractivity contribution in [3.05, 3.63) is 34.3 Å². The second kappa shape index (κ2) is 5.06. The molecule has 1 heterocycles. The lowest BCUT2D eigenvalue weighted by molar-refractivity contribution is -0.141. The number of carboxylic acid groups (broad SMARTS) is 1. The zero-order chi connectivity index (χ0) is 14.2. The van der Waals surface area contributed by atoms with Crippen molar-refractivity contribution >= 4 is 17.6 Å². The number of halogens is 3. The Balaban J connectivity index is 2.36. The molecule has 2 N–H and O–H groups in total. The lowest BCUT2D eigenvalue weighted by Crippen LogP contribution is -2.20. The van der Waals surface area contributed by atoms with Gasteiger partial charge < -0.3 is 10.4 Å². The van der Waals surface area contributed by atoms with E-state index >= 15 is 0 Å². The van der Waals surface area contributed by atoms with Crippen molar-refractivity contribution in [1.82, 2.24) is 5.32 Å². The highest BCUT2D eigenvalue weighted by molar-refractivity contribution is 6.31. The van der Waals surface area contributed by atoms with E-state index in [0.29, 0.717) is 12.0 Å². The van der Waals surface area contributed by atoms with E-state index in [9.17, 15) is 13.6 Å². The van der Waals surface area contributed by atoms with Crippen LogP contribution in [0, 0.1) is 5.92 Å². The van der Waals surface area contributed by atoms with Crippen LogP contribution >= 0.6 is 11.6 Å². The van der Waals surface area contributed by atoms with E-state index in [4.69, 9.17) is 16.7 Å². The van der Waals surface area contributed by atoms with Gasteiger partial charge in [-0.2, -0.15) is 0 Å². The van der Waals surface area contributed by atoms with Gasteiger partial charge in [-0.15, -0.1) is 0 Å². The number of alkyl halides is 2. The molecule has 1 aliphatic heterocycles. The molecule has 1 aromatic carbocycles. The summed E-state index contributed by atoms with van der Waals surface area (Å²) in [4.78, 5) is 10.9. The Kier molecular flexibility index (Phi) is 3.78. The summed E-state index contributed by atoms with van der Waals surface area (Å²) in [7, 11) is 0. The van der Waals surface area contributed by atoms with Crippen molar-refractivity contribution in [2.75, 3.05) is 6.54 Å². The third kappa shape index (κ3) is 2.87. The number of hydrogen-bond acceptors (Lipinski definition) is 2. The molecule has 0 saturated carbocycles. The third-order valence-electron chi connectivity index (χ3n) is 3.34. The molecule has 2 rings (SSSR count). The topological polar surface area (TPSA) is 49.3 Å². The van der Waals surface area contributed by atoms with Crippen LogP contribution in [0.3, 0.4) is 0 Å². The highest BCUT2D eigenvalue weighted by Crippen LogP contribution is 2.40. The van der Waals surface area contributed by atoms with Crippen LogP contribution in [0.4, 0.5) is 8.78 Å². The maximum Gasteiger partial charge on any atom is 0.307 e. The van der Waals surface area contributed by atoms with Gasteiger partial charge in [-0.3, -0.25) is 4.79 Å². The van der Waals surface area contributed by atoms with Gasteiger partial charge in [0.1, 0.15) is 0 Å². The minimum Gasteiger partial charge on any atom is -0.481 e. The third-order valence-corrected chi connectivity index (χ3v) is 3.66. The van der Waals surface area contributed by atoms with Crippen LogP contribution in [-0.2, 0) is 10.7 Å². The molecule has 1 aromatic rings. The van der Waals surface area contributed by atoms with Crippen LogP contribution in [-0.4, -0.2) is 17.6 Å². The van der Waals surface area contributed by atoms with Crippen LogP contribution < -0.4 is 5.32 Å². The molecule has 0 spiro atoms. The fourth-order valence-electron chi connectivity index (χ4n) is 2.46. The van der Waals surface area contributed by atoms with Gasteiger partial charge in [-0.05, 0) is 18.1 Å². The van der Waals surface area contributed by atoms with E-state index in [1.54, 1.807) is 12.1 Å². The van der Waals surface area contributed by atoms with Crippen molar-refractivity contribution in [3.8, 4) is 0 Å². The zero-order valence-electron chi connectivity index (χ0n) is 10.3. The molecule has 104 valence electrons. The average Bonchev–Trinajstić information content (AvgIpc) is 2.75. The summed E-state index contributed by atoms with van der Waals surface area (Å²) in [5.74, 6) is -4.53. The van der Waals surface area contributed by atoms with Crippen molar-refractivity contribution in [2.45, 2.75) is 25.3 Å². The predicted molar refractivity (Wildman–Crippen MR) is 67.5 cm³/mol. The maximum absolute atomic E-state index is 13.7. The largest absolute Gasteiger partial charge is 0.481 e. The maximum atomic E-state index is 13.7. The highest BCUT2D eigenvalue weighted by atomic mass is 35.5. The van der Waals surface area contributed by atoms with Gasteiger partial charge in [0.05, 0.1) is 10.9 Å². The molecular formula is C13H14ClF2NO2. The molecule has 0 bridgehead atoms. The first-order valence-electron chi connectivity index (χ1n) is 5.93. The Labute approximate surface area is 114 Å². The number of benzene rings is 1. The summed E-state index contributed by atoms with van der Waals surface area (Å²) < 4.78 is 27.3. The number of carbonyl (C=O) groups is 1. The molecular weight excluding hydrogens is 276 g/mol. The van der Waals surface area contributed by atoms with Crippen molar-refractivity contribution in [2.24, 2.45) is 5.92 Å². The molecule has 2 unspecified atom stereocenters. The van der Waals surface area contributed by atoms with Gasteiger partial charge in [-0.1, -0.05) is 23.7 Å². The average molecular weight is 290 g/mol. The molecule has 6 heteroatoms. The van der Waals surface area contributed by atoms with E-state index in [2.05, 4.69) is 5.32 Å². The molecule has 0 aliphatic carbocycles. The highest BCUT2D eigenvalue weighted by Gasteiger charge is 2.36. The number of aliphatic carboxylic acids is 1. The van der Waals surface area contributed by atoms with E-state index in [1.165, 1.54) is 6.07 Å². The summed E-state index contributed by atoms with van der Waals surface area (Å²) in [5.41, 5.74) is 0.156. The first kappa shape index (κ1) is 14.2. The molecule has 1 fully saturated rings. The molecule has 19 heavy (non-hydrogen) atoms.